The average molecular weight is 424 g/mol. The van der Waals surface area contributed by atoms with Crippen LogP contribution in [0, 0.1) is 0 Å². The minimum absolute atomic E-state index is 0.0921. The van der Waals surface area contributed by atoms with E-state index in [0.29, 0.717) is 18.4 Å². The highest BCUT2D eigenvalue weighted by Gasteiger charge is 2.48. The van der Waals surface area contributed by atoms with Crippen LogP contribution >= 0.6 is 0 Å². The second-order valence-electron chi connectivity index (χ2n) is 7.56. The van der Waals surface area contributed by atoms with Gasteiger partial charge < -0.3 is 39.7 Å². The maximum absolute atomic E-state index is 12.3. The summed E-state index contributed by atoms with van der Waals surface area (Å²) in [7, 11) is 0. The van der Waals surface area contributed by atoms with E-state index in [1.54, 1.807) is 12.1 Å². The third kappa shape index (κ3) is 5.57. The summed E-state index contributed by atoms with van der Waals surface area (Å²) in [5.41, 5.74) is 0.642. The van der Waals surface area contributed by atoms with E-state index in [9.17, 15) is 30.3 Å². The lowest BCUT2D eigenvalue weighted by atomic mass is 9.94. The van der Waals surface area contributed by atoms with E-state index < -0.39 is 55.5 Å². The number of benzene rings is 1. The molecule has 1 aromatic rings. The Balaban J connectivity index is 1.70. The molecule has 1 aliphatic heterocycles. The van der Waals surface area contributed by atoms with Crippen molar-refractivity contribution in [2.75, 3.05) is 6.61 Å². The van der Waals surface area contributed by atoms with Crippen LogP contribution in [0.3, 0.4) is 0 Å². The van der Waals surface area contributed by atoms with Crippen molar-refractivity contribution < 1.29 is 44.5 Å². The summed E-state index contributed by atoms with van der Waals surface area (Å²) in [6.45, 7) is -0.563. The van der Waals surface area contributed by atoms with Crippen LogP contribution < -0.4 is 0 Å². The van der Waals surface area contributed by atoms with E-state index in [4.69, 9.17) is 14.2 Å². The van der Waals surface area contributed by atoms with Gasteiger partial charge in [0.05, 0.1) is 18.8 Å². The third-order valence-corrected chi connectivity index (χ3v) is 5.36. The van der Waals surface area contributed by atoms with Crippen molar-refractivity contribution in [2.45, 2.75) is 68.6 Å². The minimum atomic E-state index is -1.55. The van der Waals surface area contributed by atoms with Gasteiger partial charge in [-0.15, -0.1) is 0 Å². The summed E-state index contributed by atoms with van der Waals surface area (Å²) in [4.78, 5) is 12.3. The van der Waals surface area contributed by atoms with E-state index in [1.807, 2.05) is 0 Å². The topological polar surface area (TPSA) is 146 Å². The molecule has 1 saturated carbocycles. The lowest BCUT2D eigenvalue weighted by Crippen LogP contribution is -2.61. The number of aliphatic hydroxyl groups is 4. The fraction of sp³-hybridized carbons (Fsp3) is 0.571. The van der Waals surface area contributed by atoms with Crippen LogP contribution in [0.4, 0.5) is 0 Å². The second-order valence-corrected chi connectivity index (χ2v) is 7.56. The number of hydrogen-bond acceptors (Lipinski definition) is 9. The van der Waals surface area contributed by atoms with Gasteiger partial charge in [-0.1, -0.05) is 25.0 Å². The quantitative estimate of drug-likeness (QED) is 0.316. The first-order valence-electron chi connectivity index (χ1n) is 10.0. The molecule has 5 N–H and O–H groups in total. The standard InChI is InChI=1S/C21H28O9/c22-11-16-18(26)19(27)20(21(29-16)28-15-4-2-1-3-14(15)24)30-17(25)10-7-12-5-8-13(23)9-6-12/h5-10,14-16,18-24,26-27H,1-4,11H2/b10-7+/t14-,15-,16-,18-,19+,20-,21-/m1/s1. The maximum Gasteiger partial charge on any atom is 0.331 e. The molecule has 0 spiro atoms. The van der Waals surface area contributed by atoms with E-state index in [0.717, 1.165) is 18.9 Å². The van der Waals surface area contributed by atoms with E-state index >= 15 is 0 Å². The highest BCUT2D eigenvalue weighted by atomic mass is 16.7. The lowest BCUT2D eigenvalue weighted by molar-refractivity contribution is -0.320. The van der Waals surface area contributed by atoms with Crippen LogP contribution in [0.25, 0.3) is 6.08 Å². The highest BCUT2D eigenvalue weighted by Crippen LogP contribution is 2.29. The van der Waals surface area contributed by atoms with Crippen molar-refractivity contribution >= 4 is 12.0 Å². The van der Waals surface area contributed by atoms with Crippen molar-refractivity contribution in [3.8, 4) is 5.75 Å². The van der Waals surface area contributed by atoms with Crippen molar-refractivity contribution in [3.05, 3.63) is 35.9 Å². The Labute approximate surface area is 174 Å². The molecule has 166 valence electrons. The Morgan fingerprint density at radius 3 is 2.47 bits per heavy atom. The molecule has 0 bridgehead atoms. The summed E-state index contributed by atoms with van der Waals surface area (Å²) in [5, 5.41) is 49.5. The molecule has 0 unspecified atom stereocenters. The van der Waals surface area contributed by atoms with Crippen LogP contribution in [0.2, 0.25) is 0 Å². The van der Waals surface area contributed by atoms with Gasteiger partial charge in [-0.25, -0.2) is 4.79 Å². The molecule has 0 amide bonds. The molecule has 9 nitrogen and oxygen atoms in total. The van der Waals surface area contributed by atoms with Gasteiger partial charge in [0, 0.05) is 6.08 Å². The molecule has 1 heterocycles. The number of carbonyl (C=O) groups excluding carboxylic acids is 1. The number of ether oxygens (including phenoxy) is 3. The predicted molar refractivity (Wildman–Crippen MR) is 104 cm³/mol. The Hall–Kier alpha value is -2.01. The molecule has 0 aromatic heterocycles. The molecule has 3 rings (SSSR count). The van der Waals surface area contributed by atoms with Crippen LogP contribution in [0.15, 0.2) is 30.3 Å². The molecular formula is C21H28O9. The molecule has 0 radical (unpaired) electrons. The molecule has 2 fully saturated rings. The van der Waals surface area contributed by atoms with Crippen molar-refractivity contribution in [3.63, 3.8) is 0 Å². The number of aromatic hydroxyl groups is 1. The highest BCUT2D eigenvalue weighted by molar-refractivity contribution is 5.87. The number of carbonyl (C=O) groups is 1. The molecule has 1 saturated heterocycles. The lowest BCUT2D eigenvalue weighted by Gasteiger charge is -2.43. The van der Waals surface area contributed by atoms with Crippen LogP contribution in [0.1, 0.15) is 31.2 Å². The first-order valence-corrected chi connectivity index (χ1v) is 10.0. The zero-order chi connectivity index (χ0) is 21.7. The number of esters is 1. The van der Waals surface area contributed by atoms with Gasteiger partial charge >= 0.3 is 5.97 Å². The van der Waals surface area contributed by atoms with Gasteiger partial charge in [-0.05, 0) is 36.6 Å². The monoisotopic (exact) mass is 424 g/mol. The summed E-state index contributed by atoms with van der Waals surface area (Å²) < 4.78 is 16.6. The first kappa shape index (κ1) is 22.7. The van der Waals surface area contributed by atoms with E-state index in [2.05, 4.69) is 0 Å². The van der Waals surface area contributed by atoms with E-state index in [-0.39, 0.29) is 5.75 Å². The van der Waals surface area contributed by atoms with Gasteiger partial charge in [0.2, 0.25) is 0 Å². The molecule has 30 heavy (non-hydrogen) atoms. The number of phenols is 1. The molecular weight excluding hydrogens is 396 g/mol. The molecule has 1 aromatic carbocycles. The fourth-order valence-electron chi connectivity index (χ4n) is 3.62. The molecule has 7 atom stereocenters. The van der Waals surface area contributed by atoms with Gasteiger partial charge in [0.25, 0.3) is 0 Å². The molecule has 2 aliphatic rings. The van der Waals surface area contributed by atoms with Gasteiger partial charge in [0.1, 0.15) is 24.1 Å². The van der Waals surface area contributed by atoms with Gasteiger partial charge in [-0.2, -0.15) is 0 Å². The Bertz CT molecular complexity index is 720. The molecule has 1 aliphatic carbocycles. The summed E-state index contributed by atoms with van der Waals surface area (Å²) >= 11 is 0. The van der Waals surface area contributed by atoms with E-state index in [1.165, 1.54) is 18.2 Å². The number of hydrogen-bond donors (Lipinski definition) is 5. The fourth-order valence-corrected chi connectivity index (χ4v) is 3.62. The largest absolute Gasteiger partial charge is 0.508 e. The molecule has 9 heteroatoms. The smallest absolute Gasteiger partial charge is 0.331 e. The SMILES string of the molecule is O=C(/C=C/c1ccc(O)cc1)O[C@H]1[C@H](O[C@@H]2CCCC[C@H]2O)O[C@H](CO)[C@@H](O)[C@@H]1O. The van der Waals surface area contributed by atoms with Gasteiger partial charge in [0.15, 0.2) is 12.4 Å². The van der Waals surface area contributed by atoms with Crippen molar-refractivity contribution in [1.82, 2.24) is 0 Å². The number of phenolic OH excluding ortho intramolecular Hbond substituents is 1. The second kappa shape index (κ2) is 10.3. The Kier molecular flexibility index (Phi) is 7.81. The first-order chi connectivity index (χ1) is 14.4. The summed E-state index contributed by atoms with van der Waals surface area (Å²) in [6.07, 6.45) is -2.59. The maximum atomic E-state index is 12.3. The van der Waals surface area contributed by atoms with Crippen LogP contribution in [0.5, 0.6) is 5.75 Å². The van der Waals surface area contributed by atoms with Crippen LogP contribution in [-0.2, 0) is 19.0 Å². The minimum Gasteiger partial charge on any atom is -0.508 e. The Morgan fingerprint density at radius 1 is 1.10 bits per heavy atom. The summed E-state index contributed by atoms with van der Waals surface area (Å²) in [5.74, 6) is -0.710. The van der Waals surface area contributed by atoms with Gasteiger partial charge in [-0.3, -0.25) is 0 Å². The third-order valence-electron chi connectivity index (χ3n) is 5.36. The normalized spacial score (nSPS) is 34.7. The van der Waals surface area contributed by atoms with Crippen molar-refractivity contribution in [1.29, 1.82) is 0 Å². The Morgan fingerprint density at radius 2 is 1.80 bits per heavy atom. The van der Waals surface area contributed by atoms with Crippen molar-refractivity contribution in [2.24, 2.45) is 0 Å². The van der Waals surface area contributed by atoms with Crippen LogP contribution in [-0.4, -0.2) is 81.0 Å². The number of aliphatic hydroxyl groups excluding tert-OH is 4. The average Bonchev–Trinajstić information content (AvgIpc) is 2.74. The zero-order valence-electron chi connectivity index (χ0n) is 16.4. The predicted octanol–water partition coefficient (Wildman–Crippen LogP) is 0.0763. The summed E-state index contributed by atoms with van der Waals surface area (Å²) in [6, 6.07) is 6.14. The number of rotatable bonds is 6. The zero-order valence-corrected chi connectivity index (χ0v) is 16.4.